The van der Waals surface area contributed by atoms with Crippen molar-refractivity contribution in [1.29, 1.82) is 0 Å². The number of halogens is 1. The molecule has 1 aromatic rings. The van der Waals surface area contributed by atoms with Crippen molar-refractivity contribution in [2.24, 2.45) is 0 Å². The number of hydrogen-bond acceptors (Lipinski definition) is 5. The average molecular weight is 360 g/mol. The minimum atomic E-state index is -0.699. The smallest absolute Gasteiger partial charge is 0.347 e. The minimum absolute atomic E-state index is 0.326. The highest BCUT2D eigenvalue weighted by molar-refractivity contribution is 9.10. The molecule has 0 saturated heterocycles. The van der Waals surface area contributed by atoms with Crippen molar-refractivity contribution in [3.8, 4) is 11.5 Å². The summed E-state index contributed by atoms with van der Waals surface area (Å²) in [7, 11) is 1.57. The SMILES string of the molecule is CCNCc1cc(Br)c(OC(C)C(=O)OCC)c(OC)c1. The Bertz CT molecular complexity index is 479. The summed E-state index contributed by atoms with van der Waals surface area (Å²) in [5, 5.41) is 3.25. The fourth-order valence-corrected chi connectivity index (χ4v) is 2.33. The Kier molecular flexibility index (Phi) is 7.53. The van der Waals surface area contributed by atoms with Gasteiger partial charge in [-0.3, -0.25) is 0 Å². The molecule has 0 radical (unpaired) electrons. The summed E-state index contributed by atoms with van der Waals surface area (Å²) in [5.41, 5.74) is 1.07. The molecule has 0 bridgehead atoms. The zero-order chi connectivity index (χ0) is 15.8. The van der Waals surface area contributed by atoms with Gasteiger partial charge in [0.25, 0.3) is 0 Å². The molecule has 0 aromatic heterocycles. The summed E-state index contributed by atoms with van der Waals surface area (Å²) in [6, 6.07) is 3.83. The van der Waals surface area contributed by atoms with E-state index < -0.39 is 12.1 Å². The summed E-state index contributed by atoms with van der Waals surface area (Å²) in [5.74, 6) is 0.676. The predicted octanol–water partition coefficient (Wildman–Crippen LogP) is 2.90. The average Bonchev–Trinajstić information content (AvgIpc) is 2.47. The van der Waals surface area contributed by atoms with Crippen LogP contribution in [0, 0.1) is 0 Å². The van der Waals surface area contributed by atoms with E-state index in [1.54, 1.807) is 21.0 Å². The lowest BCUT2D eigenvalue weighted by Gasteiger charge is -2.18. The number of methoxy groups -OCH3 is 1. The summed E-state index contributed by atoms with van der Waals surface area (Å²) in [4.78, 5) is 11.7. The number of carbonyl (C=O) groups is 1. The van der Waals surface area contributed by atoms with Crippen molar-refractivity contribution in [2.75, 3.05) is 20.3 Å². The third-order valence-corrected chi connectivity index (χ3v) is 3.37. The normalized spacial score (nSPS) is 11.9. The molecule has 1 rings (SSSR count). The molecule has 5 nitrogen and oxygen atoms in total. The van der Waals surface area contributed by atoms with E-state index in [4.69, 9.17) is 14.2 Å². The highest BCUT2D eigenvalue weighted by atomic mass is 79.9. The van der Waals surface area contributed by atoms with Crippen molar-refractivity contribution in [3.63, 3.8) is 0 Å². The second-order valence-electron chi connectivity index (χ2n) is 4.40. The van der Waals surface area contributed by atoms with Crippen molar-refractivity contribution in [1.82, 2.24) is 5.32 Å². The van der Waals surface area contributed by atoms with E-state index in [9.17, 15) is 4.79 Å². The van der Waals surface area contributed by atoms with Crippen molar-refractivity contribution < 1.29 is 19.0 Å². The van der Waals surface area contributed by atoms with E-state index in [1.807, 2.05) is 19.1 Å². The molecule has 118 valence electrons. The molecule has 1 N–H and O–H groups in total. The van der Waals surface area contributed by atoms with Gasteiger partial charge in [-0.25, -0.2) is 4.79 Å². The third-order valence-electron chi connectivity index (χ3n) is 2.78. The maximum Gasteiger partial charge on any atom is 0.347 e. The van der Waals surface area contributed by atoms with Gasteiger partial charge in [-0.15, -0.1) is 0 Å². The third kappa shape index (κ3) is 5.21. The molecular formula is C15H22BrNO4. The molecular weight excluding hydrogens is 338 g/mol. The Morgan fingerprint density at radius 2 is 2.10 bits per heavy atom. The fraction of sp³-hybridized carbons (Fsp3) is 0.533. The minimum Gasteiger partial charge on any atom is -0.493 e. The lowest BCUT2D eigenvalue weighted by Crippen LogP contribution is -2.26. The van der Waals surface area contributed by atoms with Crippen LogP contribution in [0.3, 0.4) is 0 Å². The maximum atomic E-state index is 11.7. The Hall–Kier alpha value is -1.27. The first-order chi connectivity index (χ1) is 10.0. The number of nitrogens with one attached hydrogen (secondary N) is 1. The molecule has 0 saturated carbocycles. The second-order valence-corrected chi connectivity index (χ2v) is 5.26. The van der Waals surface area contributed by atoms with Crippen molar-refractivity contribution in [3.05, 3.63) is 22.2 Å². The van der Waals surface area contributed by atoms with Gasteiger partial charge in [-0.2, -0.15) is 0 Å². The van der Waals surface area contributed by atoms with Crippen molar-refractivity contribution >= 4 is 21.9 Å². The first-order valence-electron chi connectivity index (χ1n) is 6.93. The van der Waals surface area contributed by atoms with Crippen LogP contribution in [0.5, 0.6) is 11.5 Å². The monoisotopic (exact) mass is 359 g/mol. The molecule has 0 aliphatic rings. The van der Waals surface area contributed by atoms with Crippen LogP contribution in [0.25, 0.3) is 0 Å². The Balaban J connectivity index is 2.93. The Morgan fingerprint density at radius 3 is 2.67 bits per heavy atom. The standard InChI is InChI=1S/C15H22BrNO4/c1-5-17-9-11-7-12(16)14(13(8-11)19-4)21-10(3)15(18)20-6-2/h7-8,10,17H,5-6,9H2,1-4H3. The van der Waals surface area contributed by atoms with E-state index in [2.05, 4.69) is 21.2 Å². The summed E-state index contributed by atoms with van der Waals surface area (Å²) in [6.45, 7) is 7.40. The molecule has 0 fully saturated rings. The van der Waals surface area contributed by atoms with Gasteiger partial charge >= 0.3 is 5.97 Å². The molecule has 0 aliphatic heterocycles. The molecule has 1 atom stereocenters. The van der Waals surface area contributed by atoms with Crippen LogP contribution in [0.15, 0.2) is 16.6 Å². The first kappa shape index (κ1) is 17.8. The number of carbonyl (C=O) groups excluding carboxylic acids is 1. The lowest BCUT2D eigenvalue weighted by atomic mass is 10.2. The number of hydrogen-bond donors (Lipinski definition) is 1. The highest BCUT2D eigenvalue weighted by Crippen LogP contribution is 2.37. The first-order valence-corrected chi connectivity index (χ1v) is 7.73. The van der Waals surface area contributed by atoms with Gasteiger partial charge in [0.15, 0.2) is 17.6 Å². The van der Waals surface area contributed by atoms with Crippen LogP contribution in [0.4, 0.5) is 0 Å². The van der Waals surface area contributed by atoms with Crippen LogP contribution in [0.2, 0.25) is 0 Å². The zero-order valence-corrected chi connectivity index (χ0v) is 14.5. The maximum absolute atomic E-state index is 11.7. The number of rotatable bonds is 8. The van der Waals surface area contributed by atoms with Crippen LogP contribution >= 0.6 is 15.9 Å². The number of benzene rings is 1. The van der Waals surface area contributed by atoms with Gasteiger partial charge in [-0.1, -0.05) is 6.92 Å². The van der Waals surface area contributed by atoms with Crippen LogP contribution in [-0.4, -0.2) is 32.3 Å². The molecule has 6 heteroatoms. The van der Waals surface area contributed by atoms with Gasteiger partial charge in [0.2, 0.25) is 0 Å². The zero-order valence-electron chi connectivity index (χ0n) is 12.9. The largest absolute Gasteiger partial charge is 0.493 e. The molecule has 0 heterocycles. The van der Waals surface area contributed by atoms with E-state index in [0.717, 1.165) is 23.1 Å². The van der Waals surface area contributed by atoms with E-state index in [-0.39, 0.29) is 0 Å². The van der Waals surface area contributed by atoms with E-state index in [1.165, 1.54) is 0 Å². The highest BCUT2D eigenvalue weighted by Gasteiger charge is 2.20. The van der Waals surface area contributed by atoms with Gasteiger partial charge in [0.1, 0.15) is 0 Å². The number of esters is 1. The summed E-state index contributed by atoms with van der Waals surface area (Å²) in [6.07, 6.45) is -0.699. The molecule has 1 unspecified atom stereocenters. The predicted molar refractivity (Wildman–Crippen MR) is 84.8 cm³/mol. The second kappa shape index (κ2) is 8.89. The molecule has 0 aliphatic carbocycles. The molecule has 1 aromatic carbocycles. The topological polar surface area (TPSA) is 56.8 Å². The van der Waals surface area contributed by atoms with Crippen LogP contribution < -0.4 is 14.8 Å². The lowest BCUT2D eigenvalue weighted by molar-refractivity contribution is -0.150. The summed E-state index contributed by atoms with van der Waals surface area (Å²) >= 11 is 3.46. The van der Waals surface area contributed by atoms with Crippen LogP contribution in [-0.2, 0) is 16.1 Å². The van der Waals surface area contributed by atoms with Crippen molar-refractivity contribution in [2.45, 2.75) is 33.4 Å². The van der Waals surface area contributed by atoms with Gasteiger partial charge in [0.05, 0.1) is 18.2 Å². The van der Waals surface area contributed by atoms with Crippen LogP contribution in [0.1, 0.15) is 26.3 Å². The molecule has 21 heavy (non-hydrogen) atoms. The van der Waals surface area contributed by atoms with Gasteiger partial charge < -0.3 is 19.5 Å². The van der Waals surface area contributed by atoms with E-state index in [0.29, 0.717) is 18.1 Å². The number of ether oxygens (including phenoxy) is 3. The molecule has 0 amide bonds. The van der Waals surface area contributed by atoms with E-state index >= 15 is 0 Å². The quantitative estimate of drug-likeness (QED) is 0.723. The van der Waals surface area contributed by atoms with Gasteiger partial charge in [-0.05, 0) is 54.0 Å². The Morgan fingerprint density at radius 1 is 1.38 bits per heavy atom. The fourth-order valence-electron chi connectivity index (χ4n) is 1.74. The summed E-state index contributed by atoms with van der Waals surface area (Å²) < 4.78 is 16.7. The van der Waals surface area contributed by atoms with Gasteiger partial charge in [0, 0.05) is 6.54 Å². The Labute approximate surface area is 134 Å². The molecule has 0 spiro atoms.